The van der Waals surface area contributed by atoms with Crippen LogP contribution in [0.4, 0.5) is 0 Å². The van der Waals surface area contributed by atoms with Crippen LogP contribution in [0.3, 0.4) is 0 Å². The van der Waals surface area contributed by atoms with E-state index in [9.17, 15) is 4.79 Å². The van der Waals surface area contributed by atoms with Crippen LogP contribution in [0.15, 0.2) is 0 Å². The summed E-state index contributed by atoms with van der Waals surface area (Å²) in [6.07, 6.45) is 9.58. The highest BCUT2D eigenvalue weighted by atomic mass is 16.2. The Morgan fingerprint density at radius 3 is 2.47 bits per heavy atom. The van der Waals surface area contributed by atoms with E-state index in [1.54, 1.807) is 0 Å². The fourth-order valence-corrected chi connectivity index (χ4v) is 3.98. The summed E-state index contributed by atoms with van der Waals surface area (Å²) in [5, 5.41) is 6.67. The third-order valence-corrected chi connectivity index (χ3v) is 5.49. The van der Waals surface area contributed by atoms with Gasteiger partial charge >= 0.3 is 0 Å². The van der Waals surface area contributed by atoms with Gasteiger partial charge in [-0.25, -0.2) is 0 Å². The fraction of sp³-hybridized carbons (Fsp3) is 0.938. The summed E-state index contributed by atoms with van der Waals surface area (Å²) in [6.45, 7) is 7.21. The SMILES string of the molecule is CCCC1(C(=O)NCC2(CC)CCCC2)CCNC1. The average molecular weight is 266 g/mol. The first-order chi connectivity index (χ1) is 9.16. The zero-order valence-electron chi connectivity index (χ0n) is 12.7. The van der Waals surface area contributed by atoms with Crippen molar-refractivity contribution in [3.63, 3.8) is 0 Å². The maximum absolute atomic E-state index is 12.6. The van der Waals surface area contributed by atoms with Gasteiger partial charge in [-0.3, -0.25) is 4.79 Å². The maximum atomic E-state index is 12.6. The van der Waals surface area contributed by atoms with Crippen LogP contribution >= 0.6 is 0 Å². The van der Waals surface area contributed by atoms with Crippen molar-refractivity contribution in [1.29, 1.82) is 0 Å². The summed E-state index contributed by atoms with van der Waals surface area (Å²) in [5.74, 6) is 0.305. The van der Waals surface area contributed by atoms with Crippen LogP contribution < -0.4 is 10.6 Å². The van der Waals surface area contributed by atoms with Crippen molar-refractivity contribution in [3.05, 3.63) is 0 Å². The van der Waals surface area contributed by atoms with Crippen LogP contribution in [0.5, 0.6) is 0 Å². The standard InChI is InChI=1S/C16H30N2O/c1-3-7-16(10-11-17-13-16)14(19)18-12-15(4-2)8-5-6-9-15/h17H,3-13H2,1-2H3,(H,18,19). The Bertz CT molecular complexity index is 302. The summed E-state index contributed by atoms with van der Waals surface area (Å²) in [5.41, 5.74) is 0.275. The van der Waals surface area contributed by atoms with Gasteiger partial charge in [0.15, 0.2) is 0 Å². The van der Waals surface area contributed by atoms with Gasteiger partial charge in [-0.1, -0.05) is 33.1 Å². The molecular weight excluding hydrogens is 236 g/mol. The van der Waals surface area contributed by atoms with E-state index in [-0.39, 0.29) is 5.41 Å². The normalized spacial score (nSPS) is 29.6. The van der Waals surface area contributed by atoms with E-state index in [2.05, 4.69) is 24.5 Å². The van der Waals surface area contributed by atoms with Crippen molar-refractivity contribution in [2.45, 2.75) is 65.2 Å². The van der Waals surface area contributed by atoms with Crippen molar-refractivity contribution >= 4 is 5.91 Å². The Balaban J connectivity index is 1.92. The lowest BCUT2D eigenvalue weighted by Gasteiger charge is -2.32. The molecule has 0 radical (unpaired) electrons. The highest BCUT2D eigenvalue weighted by Crippen LogP contribution is 2.40. The summed E-state index contributed by atoms with van der Waals surface area (Å²) in [4.78, 5) is 12.6. The van der Waals surface area contributed by atoms with E-state index in [4.69, 9.17) is 0 Å². The molecule has 1 aliphatic heterocycles. The summed E-state index contributed by atoms with van der Waals surface area (Å²) < 4.78 is 0. The van der Waals surface area contributed by atoms with Crippen LogP contribution in [-0.4, -0.2) is 25.5 Å². The Morgan fingerprint density at radius 2 is 1.95 bits per heavy atom. The Morgan fingerprint density at radius 1 is 1.21 bits per heavy atom. The second-order valence-electron chi connectivity index (χ2n) is 6.70. The van der Waals surface area contributed by atoms with Crippen LogP contribution in [0.25, 0.3) is 0 Å². The molecule has 0 spiro atoms. The molecule has 1 aliphatic carbocycles. The van der Waals surface area contributed by atoms with E-state index < -0.39 is 0 Å². The van der Waals surface area contributed by atoms with Gasteiger partial charge in [0, 0.05) is 13.1 Å². The molecule has 2 aliphatic rings. The maximum Gasteiger partial charge on any atom is 0.227 e. The lowest BCUT2D eigenvalue weighted by Crippen LogP contribution is -2.46. The van der Waals surface area contributed by atoms with Crippen LogP contribution in [-0.2, 0) is 4.79 Å². The lowest BCUT2D eigenvalue weighted by atomic mass is 9.80. The Hall–Kier alpha value is -0.570. The predicted molar refractivity (Wildman–Crippen MR) is 79.0 cm³/mol. The summed E-state index contributed by atoms with van der Waals surface area (Å²) in [6, 6.07) is 0. The number of amides is 1. The molecule has 2 N–H and O–H groups in total. The van der Waals surface area contributed by atoms with Crippen molar-refractivity contribution in [1.82, 2.24) is 10.6 Å². The number of carbonyl (C=O) groups excluding carboxylic acids is 1. The number of hydrogen-bond acceptors (Lipinski definition) is 2. The number of rotatable bonds is 6. The van der Waals surface area contributed by atoms with Gasteiger partial charge in [0.25, 0.3) is 0 Å². The van der Waals surface area contributed by atoms with Crippen molar-refractivity contribution in [3.8, 4) is 0 Å². The molecule has 1 heterocycles. The molecule has 1 saturated heterocycles. The van der Waals surface area contributed by atoms with E-state index in [0.717, 1.165) is 38.9 Å². The molecule has 0 aromatic carbocycles. The third-order valence-electron chi connectivity index (χ3n) is 5.49. The predicted octanol–water partition coefficient (Wildman–Crippen LogP) is 2.85. The monoisotopic (exact) mass is 266 g/mol. The minimum absolute atomic E-state index is 0.123. The first kappa shape index (κ1) is 14.8. The third kappa shape index (κ3) is 3.13. The second-order valence-corrected chi connectivity index (χ2v) is 6.70. The van der Waals surface area contributed by atoms with E-state index in [1.165, 1.54) is 32.1 Å². The van der Waals surface area contributed by atoms with Crippen LogP contribution in [0.2, 0.25) is 0 Å². The molecule has 19 heavy (non-hydrogen) atoms. The molecular formula is C16H30N2O. The van der Waals surface area contributed by atoms with Crippen LogP contribution in [0, 0.1) is 10.8 Å². The molecule has 1 unspecified atom stereocenters. The van der Waals surface area contributed by atoms with E-state index in [0.29, 0.717) is 11.3 Å². The first-order valence-corrected chi connectivity index (χ1v) is 8.15. The second kappa shape index (κ2) is 6.25. The number of carbonyl (C=O) groups is 1. The molecule has 1 amide bonds. The van der Waals surface area contributed by atoms with Gasteiger partial charge in [-0.2, -0.15) is 0 Å². The van der Waals surface area contributed by atoms with Crippen LogP contribution in [0.1, 0.15) is 65.2 Å². The largest absolute Gasteiger partial charge is 0.355 e. The molecule has 2 rings (SSSR count). The van der Waals surface area contributed by atoms with Gasteiger partial charge in [0.05, 0.1) is 5.41 Å². The van der Waals surface area contributed by atoms with Gasteiger partial charge in [-0.15, -0.1) is 0 Å². The molecule has 3 heteroatoms. The van der Waals surface area contributed by atoms with Crippen molar-refractivity contribution in [2.24, 2.45) is 10.8 Å². The molecule has 2 fully saturated rings. The van der Waals surface area contributed by atoms with Gasteiger partial charge in [0.2, 0.25) is 5.91 Å². The molecule has 0 bridgehead atoms. The van der Waals surface area contributed by atoms with E-state index in [1.807, 2.05) is 0 Å². The minimum Gasteiger partial charge on any atom is -0.355 e. The molecule has 1 saturated carbocycles. The smallest absolute Gasteiger partial charge is 0.227 e. The van der Waals surface area contributed by atoms with Gasteiger partial charge in [0.1, 0.15) is 0 Å². The molecule has 1 atom stereocenters. The topological polar surface area (TPSA) is 41.1 Å². The zero-order valence-corrected chi connectivity index (χ0v) is 12.7. The summed E-state index contributed by atoms with van der Waals surface area (Å²) in [7, 11) is 0. The van der Waals surface area contributed by atoms with E-state index >= 15 is 0 Å². The number of nitrogens with one attached hydrogen (secondary N) is 2. The van der Waals surface area contributed by atoms with Gasteiger partial charge < -0.3 is 10.6 Å². The fourth-order valence-electron chi connectivity index (χ4n) is 3.98. The minimum atomic E-state index is -0.123. The molecule has 3 nitrogen and oxygen atoms in total. The summed E-state index contributed by atoms with van der Waals surface area (Å²) >= 11 is 0. The van der Waals surface area contributed by atoms with Crippen molar-refractivity contribution < 1.29 is 4.79 Å². The molecule has 0 aromatic rings. The highest BCUT2D eigenvalue weighted by Gasteiger charge is 2.41. The molecule has 110 valence electrons. The zero-order chi connectivity index (χ0) is 13.8. The van der Waals surface area contributed by atoms with Crippen molar-refractivity contribution in [2.75, 3.05) is 19.6 Å². The lowest BCUT2D eigenvalue weighted by molar-refractivity contribution is -0.131. The number of hydrogen-bond donors (Lipinski definition) is 2. The Labute approximate surface area is 117 Å². The molecule has 0 aromatic heterocycles. The van der Waals surface area contributed by atoms with Gasteiger partial charge in [-0.05, 0) is 44.1 Å². The average Bonchev–Trinajstić information content (AvgIpc) is 3.07. The Kier molecular flexibility index (Phi) is 4.88. The first-order valence-electron chi connectivity index (χ1n) is 8.15. The quantitative estimate of drug-likeness (QED) is 0.776. The highest BCUT2D eigenvalue weighted by molar-refractivity contribution is 5.83.